The topological polar surface area (TPSA) is 52.6 Å². The Kier molecular flexibility index (Phi) is 18.2. The lowest BCUT2D eigenvalue weighted by molar-refractivity contribution is -0.462. The first-order valence-corrected chi connectivity index (χ1v) is 19.9. The van der Waals surface area contributed by atoms with Crippen molar-refractivity contribution in [2.75, 3.05) is 0 Å². The molecule has 0 radical (unpaired) electrons. The molecule has 0 bridgehead atoms. The smallest absolute Gasteiger partial charge is 0.459 e. The maximum atomic E-state index is 15.0. The Balaban J connectivity index is 2.53. The number of hydrogen-bond acceptors (Lipinski definition) is 4. The minimum absolute atomic E-state index is 0.0715. The summed E-state index contributed by atoms with van der Waals surface area (Å²) in [5, 5.41) is 0. The van der Waals surface area contributed by atoms with Crippen LogP contribution in [0.4, 0.5) is 149 Å². The van der Waals surface area contributed by atoms with Gasteiger partial charge < -0.3 is 9.47 Å². The third kappa shape index (κ3) is 10.8. The molecule has 436 valence electrons. The molecular formula is C36H30F34O4. The van der Waals surface area contributed by atoms with Gasteiger partial charge in [-0.3, -0.25) is 0 Å². The van der Waals surface area contributed by atoms with E-state index in [0.717, 1.165) is 0 Å². The Morgan fingerprint density at radius 1 is 0.311 bits per heavy atom. The maximum Gasteiger partial charge on any atom is 0.460 e. The molecule has 2 aliphatic carbocycles. The zero-order valence-electron chi connectivity index (χ0n) is 35.4. The zero-order chi connectivity index (χ0) is 58.8. The van der Waals surface area contributed by atoms with Crippen molar-refractivity contribution >= 4 is 11.9 Å². The van der Waals surface area contributed by atoms with Gasteiger partial charge in [-0.1, -0.05) is 38.5 Å². The van der Waals surface area contributed by atoms with Crippen molar-refractivity contribution in [3.8, 4) is 0 Å². The van der Waals surface area contributed by atoms with Crippen LogP contribution in [0.15, 0.2) is 12.2 Å². The van der Waals surface area contributed by atoms with Gasteiger partial charge in [-0.25, -0.2) is 9.59 Å². The lowest BCUT2D eigenvalue weighted by Gasteiger charge is -2.43. The Hall–Kier alpha value is -3.70. The lowest BCUT2D eigenvalue weighted by Crippen LogP contribution is -2.74. The highest BCUT2D eigenvalue weighted by atomic mass is 19.4. The predicted molar refractivity (Wildman–Crippen MR) is 173 cm³/mol. The second kappa shape index (κ2) is 20.3. The van der Waals surface area contributed by atoms with E-state index in [1.807, 2.05) is 0 Å². The minimum atomic E-state index is -9.01. The molecule has 0 aromatic rings. The van der Waals surface area contributed by atoms with Gasteiger partial charge in [-0.05, 0) is 37.5 Å². The molecule has 4 nitrogen and oxygen atoms in total. The van der Waals surface area contributed by atoms with Crippen LogP contribution in [0, 0.1) is 11.8 Å². The number of hydrogen-bond donors (Lipinski definition) is 0. The van der Waals surface area contributed by atoms with E-state index < -0.39 is 182 Å². The van der Waals surface area contributed by atoms with Gasteiger partial charge in [0, 0.05) is 12.2 Å². The number of carbonyl (C=O) groups is 2. The first-order valence-electron chi connectivity index (χ1n) is 19.9. The van der Waals surface area contributed by atoms with E-state index in [4.69, 9.17) is 0 Å². The normalized spacial score (nSPS) is 19.4. The Bertz CT molecular complexity index is 1830. The van der Waals surface area contributed by atoms with E-state index in [2.05, 4.69) is 9.47 Å². The highest BCUT2D eigenvalue weighted by Gasteiger charge is 2.97. The SMILES string of the molecule is O=C(/C=C/C(=O)OC(CC(F)(F)C(F)(F)C(F)(F)C(F)(F)C(F)(F)C(F)(F)C(F)(F)C(F)(F)F)C1CCCCC1)OC(CC(F)(F)C(F)(F)C(F)(F)C(F)(F)C(F)(F)C(F)(F)C(F)(F)C(F)(F)F)C1CCCCC1. The number of esters is 2. The van der Waals surface area contributed by atoms with Crippen molar-refractivity contribution in [1.29, 1.82) is 0 Å². The quantitative estimate of drug-likeness (QED) is 0.0616. The lowest BCUT2D eigenvalue weighted by atomic mass is 9.81. The number of alkyl halides is 34. The molecule has 0 saturated heterocycles. The Morgan fingerprint density at radius 3 is 0.703 bits per heavy atom. The van der Waals surface area contributed by atoms with Gasteiger partial charge in [0.25, 0.3) is 0 Å². The van der Waals surface area contributed by atoms with Crippen molar-refractivity contribution in [2.45, 2.75) is 185 Å². The van der Waals surface area contributed by atoms with Crippen LogP contribution in [0.5, 0.6) is 0 Å². The molecule has 74 heavy (non-hydrogen) atoms. The van der Waals surface area contributed by atoms with Crippen LogP contribution < -0.4 is 0 Å². The summed E-state index contributed by atoms with van der Waals surface area (Å²) in [6.07, 6.45) is -33.5. The summed E-state index contributed by atoms with van der Waals surface area (Å²) in [5.41, 5.74) is 0. The third-order valence-electron chi connectivity index (χ3n) is 11.7. The fourth-order valence-electron chi connectivity index (χ4n) is 7.29. The average Bonchev–Trinajstić information content (AvgIpc) is 3.24. The average molecular weight is 1170 g/mol. The molecule has 38 heteroatoms. The summed E-state index contributed by atoms with van der Waals surface area (Å²) in [4.78, 5) is 25.1. The van der Waals surface area contributed by atoms with Crippen LogP contribution in [0.2, 0.25) is 0 Å². The number of halogens is 34. The van der Waals surface area contributed by atoms with Gasteiger partial charge in [0.2, 0.25) is 0 Å². The number of ether oxygens (including phenoxy) is 2. The number of rotatable bonds is 22. The highest BCUT2D eigenvalue weighted by molar-refractivity contribution is 5.91. The van der Waals surface area contributed by atoms with E-state index in [1.165, 1.54) is 0 Å². The predicted octanol–water partition coefficient (Wildman–Crippen LogP) is 15.3. The summed E-state index contributed by atoms with van der Waals surface area (Å²) in [5.74, 6) is -128. The van der Waals surface area contributed by atoms with Crippen LogP contribution in [0.1, 0.15) is 77.0 Å². The van der Waals surface area contributed by atoms with Crippen molar-refractivity contribution in [2.24, 2.45) is 11.8 Å². The van der Waals surface area contributed by atoms with Crippen molar-refractivity contribution in [3.63, 3.8) is 0 Å². The van der Waals surface area contributed by atoms with Gasteiger partial charge in [0.05, 0.1) is 12.8 Å². The monoisotopic (exact) mass is 1170 g/mol. The second-order valence-corrected chi connectivity index (χ2v) is 16.8. The highest BCUT2D eigenvalue weighted by Crippen LogP contribution is 2.66. The van der Waals surface area contributed by atoms with E-state index >= 15 is 17.6 Å². The Morgan fingerprint density at radius 2 is 0.500 bits per heavy atom. The van der Waals surface area contributed by atoms with Gasteiger partial charge >= 0.3 is 107 Å². The molecule has 0 aromatic heterocycles. The number of carbonyl (C=O) groups excluding carboxylic acids is 2. The van der Waals surface area contributed by atoms with Crippen molar-refractivity contribution in [1.82, 2.24) is 0 Å². The molecule has 2 unspecified atom stereocenters. The second-order valence-electron chi connectivity index (χ2n) is 16.8. The first kappa shape index (κ1) is 66.4. The summed E-state index contributed by atoms with van der Waals surface area (Å²) < 4.78 is 480. The van der Waals surface area contributed by atoms with E-state index in [9.17, 15) is 141 Å². The van der Waals surface area contributed by atoms with Crippen LogP contribution in [0.25, 0.3) is 0 Å². The molecule has 2 saturated carbocycles. The maximum absolute atomic E-state index is 15.0. The summed E-state index contributed by atoms with van der Waals surface area (Å²) in [6.45, 7) is 0. The van der Waals surface area contributed by atoms with Crippen LogP contribution in [0.3, 0.4) is 0 Å². The zero-order valence-corrected chi connectivity index (χ0v) is 35.4. The molecule has 2 aliphatic rings. The molecule has 0 spiro atoms. The fourth-order valence-corrected chi connectivity index (χ4v) is 7.29. The van der Waals surface area contributed by atoms with Gasteiger partial charge in [-0.2, -0.15) is 149 Å². The van der Waals surface area contributed by atoms with Gasteiger partial charge in [0.15, 0.2) is 0 Å². The third-order valence-corrected chi connectivity index (χ3v) is 11.7. The van der Waals surface area contributed by atoms with Crippen molar-refractivity contribution < 1.29 is 168 Å². The molecule has 0 N–H and O–H groups in total. The molecule has 2 atom stereocenters. The van der Waals surface area contributed by atoms with Gasteiger partial charge in [-0.15, -0.1) is 0 Å². The fraction of sp³-hybridized carbons (Fsp3) is 0.889. The molecule has 2 fully saturated rings. The molecule has 0 aromatic carbocycles. The summed E-state index contributed by atoms with van der Waals surface area (Å²) >= 11 is 0. The first-order chi connectivity index (χ1) is 32.4. The van der Waals surface area contributed by atoms with Crippen LogP contribution in [-0.2, 0) is 19.1 Å². The molecule has 0 aliphatic heterocycles. The summed E-state index contributed by atoms with van der Waals surface area (Å²) in [7, 11) is 0. The molecule has 0 heterocycles. The van der Waals surface area contributed by atoms with E-state index in [1.54, 1.807) is 0 Å². The molecular weight excluding hydrogens is 1140 g/mol. The van der Waals surface area contributed by atoms with Gasteiger partial charge in [0.1, 0.15) is 12.2 Å². The van der Waals surface area contributed by atoms with E-state index in [0.29, 0.717) is 0 Å². The minimum Gasteiger partial charge on any atom is -0.459 e. The molecule has 2 rings (SSSR count). The molecule has 0 amide bonds. The Labute approximate surface area is 389 Å². The largest absolute Gasteiger partial charge is 0.460 e. The standard InChI is InChI=1S/C36H30F34O4/c37-21(38,23(41,42)25(45,46)27(49,50)29(53,54)31(57,58)33(61,62)35(65,66)67)13-17(15-7-3-1-4-8-15)73-19(71)11-12-20(72)74-18(16-9-5-2-6-10-16)14-22(39,40)24(43,44)26(47,48)28(51,52)30(55,56)32(59,60)34(63,64)36(68,69)70/h11-12,15-18H,1-10,13-14H2/b12-11+. The van der Waals surface area contributed by atoms with Crippen molar-refractivity contribution in [3.05, 3.63) is 12.2 Å². The van der Waals surface area contributed by atoms with E-state index in [-0.39, 0.29) is 38.5 Å². The van der Waals surface area contributed by atoms with Crippen LogP contribution in [-0.4, -0.2) is 119 Å². The summed E-state index contributed by atoms with van der Waals surface area (Å²) in [6, 6.07) is 0. The van der Waals surface area contributed by atoms with Crippen LogP contribution >= 0.6 is 0 Å².